The Labute approximate surface area is 143 Å². The molecule has 0 radical (unpaired) electrons. The summed E-state index contributed by atoms with van der Waals surface area (Å²) in [5.41, 5.74) is 1.38. The summed E-state index contributed by atoms with van der Waals surface area (Å²) in [5.74, 6) is -1.17. The number of rotatable bonds is 6. The minimum absolute atomic E-state index is 0.153. The Hall–Kier alpha value is -2.80. The number of anilines is 2. The Balaban J connectivity index is 1.89. The SMILES string of the molecule is CC(=O)Nc1cccc(SCC(=O)Nc2ccc(C(=O)O)cc2)c1. The van der Waals surface area contributed by atoms with Crippen molar-refractivity contribution in [1.29, 1.82) is 0 Å². The molecule has 0 aromatic heterocycles. The normalized spacial score (nSPS) is 10.0. The van der Waals surface area contributed by atoms with E-state index < -0.39 is 5.97 Å². The number of benzene rings is 2. The summed E-state index contributed by atoms with van der Waals surface area (Å²) in [6.07, 6.45) is 0. The highest BCUT2D eigenvalue weighted by molar-refractivity contribution is 8.00. The van der Waals surface area contributed by atoms with E-state index in [9.17, 15) is 14.4 Å². The van der Waals surface area contributed by atoms with E-state index >= 15 is 0 Å². The van der Waals surface area contributed by atoms with E-state index in [4.69, 9.17) is 5.11 Å². The van der Waals surface area contributed by atoms with Crippen LogP contribution in [0.5, 0.6) is 0 Å². The van der Waals surface area contributed by atoms with E-state index in [0.29, 0.717) is 11.4 Å². The molecule has 7 heteroatoms. The van der Waals surface area contributed by atoms with Crippen molar-refractivity contribution in [3.05, 3.63) is 54.1 Å². The van der Waals surface area contributed by atoms with Crippen LogP contribution < -0.4 is 10.6 Å². The maximum Gasteiger partial charge on any atom is 0.335 e. The minimum atomic E-state index is -1.01. The van der Waals surface area contributed by atoms with Crippen molar-refractivity contribution in [2.24, 2.45) is 0 Å². The van der Waals surface area contributed by atoms with Gasteiger partial charge in [0.1, 0.15) is 0 Å². The number of aromatic carboxylic acids is 1. The van der Waals surface area contributed by atoms with Crippen molar-refractivity contribution in [1.82, 2.24) is 0 Å². The average Bonchev–Trinajstić information content (AvgIpc) is 2.53. The van der Waals surface area contributed by atoms with Gasteiger partial charge in [0.25, 0.3) is 0 Å². The van der Waals surface area contributed by atoms with E-state index in [1.807, 2.05) is 6.07 Å². The summed E-state index contributed by atoms with van der Waals surface area (Å²) in [6, 6.07) is 13.2. The van der Waals surface area contributed by atoms with Gasteiger partial charge in [0, 0.05) is 23.2 Å². The third-order valence-electron chi connectivity index (χ3n) is 2.94. The van der Waals surface area contributed by atoms with Crippen LogP contribution >= 0.6 is 11.8 Å². The van der Waals surface area contributed by atoms with E-state index in [0.717, 1.165) is 4.90 Å². The van der Waals surface area contributed by atoms with Crippen molar-refractivity contribution >= 4 is 40.9 Å². The van der Waals surface area contributed by atoms with Crippen LogP contribution in [-0.2, 0) is 9.59 Å². The van der Waals surface area contributed by atoms with Gasteiger partial charge < -0.3 is 15.7 Å². The van der Waals surface area contributed by atoms with Gasteiger partial charge in [0.2, 0.25) is 11.8 Å². The quantitative estimate of drug-likeness (QED) is 0.700. The fourth-order valence-corrected chi connectivity index (χ4v) is 2.66. The van der Waals surface area contributed by atoms with Gasteiger partial charge in [-0.25, -0.2) is 4.79 Å². The first-order valence-corrected chi connectivity index (χ1v) is 8.06. The minimum Gasteiger partial charge on any atom is -0.478 e. The van der Waals surface area contributed by atoms with E-state index in [2.05, 4.69) is 10.6 Å². The molecule has 6 nitrogen and oxygen atoms in total. The molecule has 0 bridgehead atoms. The smallest absolute Gasteiger partial charge is 0.335 e. The Morgan fingerprint density at radius 3 is 2.33 bits per heavy atom. The Morgan fingerprint density at radius 1 is 1.00 bits per heavy atom. The molecule has 2 rings (SSSR count). The maximum atomic E-state index is 11.9. The molecule has 0 saturated carbocycles. The number of amides is 2. The summed E-state index contributed by atoms with van der Waals surface area (Å²) in [6.45, 7) is 1.43. The first kappa shape index (κ1) is 17.6. The zero-order valence-corrected chi connectivity index (χ0v) is 13.7. The number of carboxylic acids is 1. The summed E-state index contributed by atoms with van der Waals surface area (Å²) >= 11 is 1.34. The van der Waals surface area contributed by atoms with Crippen LogP contribution in [0.1, 0.15) is 17.3 Å². The molecule has 0 spiro atoms. The molecule has 0 aliphatic heterocycles. The number of nitrogens with one attached hydrogen (secondary N) is 2. The molecule has 24 heavy (non-hydrogen) atoms. The zero-order valence-electron chi connectivity index (χ0n) is 12.9. The third-order valence-corrected chi connectivity index (χ3v) is 3.93. The lowest BCUT2D eigenvalue weighted by atomic mass is 10.2. The van der Waals surface area contributed by atoms with Crippen molar-refractivity contribution in [2.75, 3.05) is 16.4 Å². The number of carboxylic acid groups (broad SMARTS) is 1. The summed E-state index contributed by atoms with van der Waals surface area (Å²) < 4.78 is 0. The Kier molecular flexibility index (Phi) is 5.97. The predicted octanol–water partition coefficient (Wildman–Crippen LogP) is 3.07. The summed E-state index contributed by atoms with van der Waals surface area (Å²) in [7, 11) is 0. The zero-order chi connectivity index (χ0) is 17.5. The van der Waals surface area contributed by atoms with Crippen LogP contribution in [-0.4, -0.2) is 28.6 Å². The maximum absolute atomic E-state index is 11.9. The van der Waals surface area contributed by atoms with Crippen molar-refractivity contribution in [3.8, 4) is 0 Å². The Bertz CT molecular complexity index is 759. The highest BCUT2D eigenvalue weighted by atomic mass is 32.2. The molecule has 0 unspecified atom stereocenters. The van der Waals surface area contributed by atoms with Gasteiger partial charge in [-0.1, -0.05) is 6.07 Å². The molecule has 3 N–H and O–H groups in total. The molecule has 2 aromatic carbocycles. The monoisotopic (exact) mass is 344 g/mol. The molecule has 2 amide bonds. The van der Waals surface area contributed by atoms with Gasteiger partial charge in [-0.15, -0.1) is 11.8 Å². The highest BCUT2D eigenvalue weighted by Crippen LogP contribution is 2.22. The van der Waals surface area contributed by atoms with Gasteiger partial charge in [-0.2, -0.15) is 0 Å². The first-order valence-electron chi connectivity index (χ1n) is 7.08. The summed E-state index contributed by atoms with van der Waals surface area (Å²) in [5, 5.41) is 14.2. The van der Waals surface area contributed by atoms with Gasteiger partial charge in [-0.05, 0) is 42.5 Å². The second kappa shape index (κ2) is 8.16. The van der Waals surface area contributed by atoms with E-state index in [-0.39, 0.29) is 23.1 Å². The lowest BCUT2D eigenvalue weighted by Gasteiger charge is -2.07. The topological polar surface area (TPSA) is 95.5 Å². The molecule has 0 saturated heterocycles. The van der Waals surface area contributed by atoms with E-state index in [1.54, 1.807) is 30.3 Å². The molecular formula is C17H16N2O4S. The fourth-order valence-electron chi connectivity index (χ4n) is 1.91. The van der Waals surface area contributed by atoms with Crippen LogP contribution in [0.25, 0.3) is 0 Å². The van der Waals surface area contributed by atoms with Gasteiger partial charge >= 0.3 is 5.97 Å². The molecule has 2 aromatic rings. The van der Waals surface area contributed by atoms with Crippen LogP contribution in [0.2, 0.25) is 0 Å². The molecular weight excluding hydrogens is 328 g/mol. The van der Waals surface area contributed by atoms with Crippen LogP contribution in [0.15, 0.2) is 53.4 Å². The second-order valence-electron chi connectivity index (χ2n) is 4.93. The second-order valence-corrected chi connectivity index (χ2v) is 5.98. The molecule has 0 aliphatic carbocycles. The molecule has 0 atom stereocenters. The summed E-state index contributed by atoms with van der Waals surface area (Å²) in [4.78, 5) is 34.6. The first-order chi connectivity index (χ1) is 11.4. The van der Waals surface area contributed by atoms with Crippen molar-refractivity contribution < 1.29 is 19.5 Å². The van der Waals surface area contributed by atoms with E-state index in [1.165, 1.54) is 30.8 Å². The van der Waals surface area contributed by atoms with Crippen LogP contribution in [0.4, 0.5) is 11.4 Å². The highest BCUT2D eigenvalue weighted by Gasteiger charge is 2.06. The lowest BCUT2D eigenvalue weighted by molar-refractivity contribution is -0.114. The molecule has 0 aliphatic rings. The number of hydrogen-bond acceptors (Lipinski definition) is 4. The van der Waals surface area contributed by atoms with Crippen molar-refractivity contribution in [3.63, 3.8) is 0 Å². The van der Waals surface area contributed by atoms with Gasteiger partial charge in [0.05, 0.1) is 11.3 Å². The Morgan fingerprint density at radius 2 is 1.71 bits per heavy atom. The molecule has 0 fully saturated rings. The third kappa shape index (κ3) is 5.44. The molecule has 0 heterocycles. The number of hydrogen-bond donors (Lipinski definition) is 3. The van der Waals surface area contributed by atoms with Gasteiger partial charge in [-0.3, -0.25) is 9.59 Å². The van der Waals surface area contributed by atoms with Crippen molar-refractivity contribution in [2.45, 2.75) is 11.8 Å². The largest absolute Gasteiger partial charge is 0.478 e. The van der Waals surface area contributed by atoms with Crippen LogP contribution in [0.3, 0.4) is 0 Å². The standard InChI is InChI=1S/C17H16N2O4S/c1-11(20)18-14-3-2-4-15(9-14)24-10-16(21)19-13-7-5-12(6-8-13)17(22)23/h2-9H,10H2,1H3,(H,18,20)(H,19,21)(H,22,23). The van der Waals surface area contributed by atoms with Crippen LogP contribution in [0, 0.1) is 0 Å². The molecule has 124 valence electrons. The van der Waals surface area contributed by atoms with Gasteiger partial charge in [0.15, 0.2) is 0 Å². The fraction of sp³-hybridized carbons (Fsp3) is 0.118. The number of thioether (sulfide) groups is 1. The number of carbonyl (C=O) groups excluding carboxylic acids is 2. The predicted molar refractivity (Wildman–Crippen MR) is 93.5 cm³/mol. The number of carbonyl (C=O) groups is 3. The average molecular weight is 344 g/mol. The lowest BCUT2D eigenvalue weighted by Crippen LogP contribution is -2.14.